The van der Waals surface area contributed by atoms with E-state index in [2.05, 4.69) is 10.1 Å². The zero-order chi connectivity index (χ0) is 30.4. The summed E-state index contributed by atoms with van der Waals surface area (Å²) < 4.78 is 157. The molecular weight excluding hydrogens is 589 g/mol. The Bertz CT molecular complexity index is 1460. The van der Waals surface area contributed by atoms with Gasteiger partial charge in [-0.3, -0.25) is 0 Å². The molecule has 0 amide bonds. The summed E-state index contributed by atoms with van der Waals surface area (Å²) in [5, 5.41) is 2.87. The van der Waals surface area contributed by atoms with Gasteiger partial charge in [0.25, 0.3) is 5.60 Å². The summed E-state index contributed by atoms with van der Waals surface area (Å²) in [4.78, 5) is -0.285. The fraction of sp³-hybridized carbons (Fsp3) is 0.333. The van der Waals surface area contributed by atoms with Crippen molar-refractivity contribution in [1.82, 2.24) is 5.32 Å². The second kappa shape index (κ2) is 10.6. The Labute approximate surface area is 229 Å². The maximum Gasteiger partial charge on any atom is 0.430 e. The smallest absolute Gasteiger partial charge is 0.349 e. The molecule has 4 nitrogen and oxygen atoms in total. The van der Waals surface area contributed by atoms with E-state index in [-0.39, 0.29) is 29.3 Å². The molecule has 0 aliphatic heterocycles. The minimum absolute atomic E-state index is 0.0741. The molecule has 1 saturated carbocycles. The Morgan fingerprint density at radius 3 is 1.80 bits per heavy atom. The highest BCUT2D eigenvalue weighted by Crippen LogP contribution is 2.55. The Morgan fingerprint density at radius 1 is 0.829 bits per heavy atom. The number of rotatable bonds is 8. The first-order valence-electron chi connectivity index (χ1n) is 12.0. The highest BCUT2D eigenvalue weighted by atomic mass is 32.2. The predicted octanol–water partition coefficient (Wildman–Crippen LogP) is 6.69. The number of halogens is 9. The van der Waals surface area contributed by atoms with Crippen molar-refractivity contribution in [3.05, 3.63) is 101 Å². The number of sulfone groups is 1. The number of benzene rings is 3. The lowest BCUT2D eigenvalue weighted by Crippen LogP contribution is -2.56. The van der Waals surface area contributed by atoms with Crippen LogP contribution in [-0.2, 0) is 31.5 Å². The normalized spacial score (nSPS) is 20.1. The second-order valence-corrected chi connectivity index (χ2v) is 11.8. The van der Waals surface area contributed by atoms with Crippen LogP contribution in [0.4, 0.5) is 39.5 Å². The van der Waals surface area contributed by atoms with Gasteiger partial charge in [-0.2, -0.15) is 26.3 Å². The van der Waals surface area contributed by atoms with Crippen LogP contribution in [0.15, 0.2) is 71.6 Å². The molecule has 1 fully saturated rings. The standard InChI is InChI=1S/C27H22F9NO3S/c1-37-19-13-24(14-19,41(38,39)20-11-9-18(28)10-12-20)16-5-7-17(8-6-16)25(26(31,32)33,27(34,35)36)40-15-21-22(29)3-2-4-23(21)30/h2-12,19,37H,13-15H2,1H3. The van der Waals surface area contributed by atoms with Gasteiger partial charge < -0.3 is 10.1 Å². The lowest BCUT2D eigenvalue weighted by Gasteiger charge is -2.47. The minimum atomic E-state index is -6.15. The lowest BCUT2D eigenvalue weighted by molar-refractivity contribution is -0.392. The molecule has 0 spiro atoms. The molecule has 41 heavy (non-hydrogen) atoms. The van der Waals surface area contributed by atoms with Gasteiger partial charge in [-0.15, -0.1) is 0 Å². The van der Waals surface area contributed by atoms with Crippen LogP contribution in [0.3, 0.4) is 0 Å². The van der Waals surface area contributed by atoms with Crippen LogP contribution in [0, 0.1) is 17.5 Å². The van der Waals surface area contributed by atoms with Crippen LogP contribution >= 0.6 is 0 Å². The van der Waals surface area contributed by atoms with Crippen LogP contribution in [0.2, 0.25) is 0 Å². The van der Waals surface area contributed by atoms with Gasteiger partial charge in [0.15, 0.2) is 9.84 Å². The van der Waals surface area contributed by atoms with E-state index in [0.717, 1.165) is 42.5 Å². The maximum absolute atomic E-state index is 14.2. The van der Waals surface area contributed by atoms with E-state index in [1.165, 1.54) is 0 Å². The zero-order valence-electron chi connectivity index (χ0n) is 21.1. The predicted molar refractivity (Wildman–Crippen MR) is 129 cm³/mol. The highest BCUT2D eigenvalue weighted by Gasteiger charge is 2.73. The Hall–Kier alpha value is -3.10. The van der Waals surface area contributed by atoms with Crippen molar-refractivity contribution in [3.63, 3.8) is 0 Å². The summed E-state index contributed by atoms with van der Waals surface area (Å²) in [5.74, 6) is -3.53. The summed E-state index contributed by atoms with van der Waals surface area (Å²) in [6, 6.07) is 8.20. The molecule has 1 N–H and O–H groups in total. The van der Waals surface area contributed by atoms with Crippen molar-refractivity contribution in [3.8, 4) is 0 Å². The van der Waals surface area contributed by atoms with E-state index in [0.29, 0.717) is 24.3 Å². The number of alkyl halides is 6. The summed E-state index contributed by atoms with van der Waals surface area (Å²) in [5.41, 5.74) is -7.73. The molecule has 0 saturated heterocycles. The van der Waals surface area contributed by atoms with Gasteiger partial charge >= 0.3 is 12.4 Å². The van der Waals surface area contributed by atoms with E-state index < -0.39 is 67.7 Å². The molecule has 14 heteroatoms. The fourth-order valence-electron chi connectivity index (χ4n) is 4.98. The van der Waals surface area contributed by atoms with Gasteiger partial charge in [-0.1, -0.05) is 30.3 Å². The van der Waals surface area contributed by atoms with Crippen LogP contribution in [0.25, 0.3) is 0 Å². The van der Waals surface area contributed by atoms with E-state index >= 15 is 0 Å². The first kappa shape index (κ1) is 30.8. The Morgan fingerprint density at radius 2 is 1.34 bits per heavy atom. The molecule has 0 unspecified atom stereocenters. The average Bonchev–Trinajstić information content (AvgIpc) is 2.85. The van der Waals surface area contributed by atoms with E-state index in [9.17, 15) is 47.9 Å². The molecular formula is C27H22F9NO3S. The largest absolute Gasteiger partial charge is 0.430 e. The topological polar surface area (TPSA) is 55.4 Å². The van der Waals surface area contributed by atoms with Crippen molar-refractivity contribution in [2.45, 2.75) is 53.1 Å². The monoisotopic (exact) mass is 611 g/mol. The third-order valence-electron chi connectivity index (χ3n) is 7.31. The van der Waals surface area contributed by atoms with Gasteiger partial charge in [-0.25, -0.2) is 21.6 Å². The quantitative estimate of drug-likeness (QED) is 0.228. The number of nitrogens with one attached hydrogen (secondary N) is 1. The Balaban J connectivity index is 1.81. The minimum Gasteiger partial charge on any atom is -0.349 e. The molecule has 1 aliphatic carbocycles. The molecule has 222 valence electrons. The van der Waals surface area contributed by atoms with Crippen LogP contribution in [0.5, 0.6) is 0 Å². The van der Waals surface area contributed by atoms with Gasteiger partial charge in [0.2, 0.25) is 0 Å². The number of hydrogen-bond donors (Lipinski definition) is 1. The summed E-state index contributed by atoms with van der Waals surface area (Å²) >= 11 is 0. The van der Waals surface area contributed by atoms with Crippen LogP contribution in [-0.4, -0.2) is 33.9 Å². The molecule has 0 heterocycles. The van der Waals surface area contributed by atoms with E-state index in [1.807, 2.05) is 0 Å². The summed E-state index contributed by atoms with van der Waals surface area (Å²) in [6.07, 6.45) is -12.5. The fourth-order valence-corrected chi connectivity index (χ4v) is 7.22. The SMILES string of the molecule is CNC1CC(c2ccc(C(OCc3c(F)cccc3F)(C(F)(F)F)C(F)(F)F)cc2)(S(=O)(=O)c2ccc(F)cc2)C1. The van der Waals surface area contributed by atoms with Crippen molar-refractivity contribution in [2.24, 2.45) is 0 Å². The molecule has 0 bridgehead atoms. The molecule has 4 rings (SSSR count). The van der Waals surface area contributed by atoms with Crippen molar-refractivity contribution >= 4 is 9.84 Å². The first-order chi connectivity index (χ1) is 19.0. The average molecular weight is 612 g/mol. The molecule has 0 radical (unpaired) electrons. The third-order valence-corrected chi connectivity index (χ3v) is 9.80. The molecule has 3 aromatic rings. The summed E-state index contributed by atoms with van der Waals surface area (Å²) in [7, 11) is -2.75. The van der Waals surface area contributed by atoms with Crippen LogP contribution < -0.4 is 5.32 Å². The molecule has 3 aromatic carbocycles. The van der Waals surface area contributed by atoms with Gasteiger partial charge in [0.1, 0.15) is 22.2 Å². The first-order valence-corrected chi connectivity index (χ1v) is 13.5. The van der Waals surface area contributed by atoms with Gasteiger partial charge in [0, 0.05) is 17.2 Å². The Kier molecular flexibility index (Phi) is 8.00. The lowest BCUT2D eigenvalue weighted by atomic mass is 9.74. The van der Waals surface area contributed by atoms with Gasteiger partial charge in [-0.05, 0) is 61.9 Å². The molecule has 0 aromatic heterocycles. The second-order valence-electron chi connectivity index (χ2n) is 9.59. The maximum atomic E-state index is 14.2. The number of hydrogen-bond acceptors (Lipinski definition) is 4. The van der Waals surface area contributed by atoms with Crippen LogP contribution in [0.1, 0.15) is 29.5 Å². The number of ether oxygens (including phenoxy) is 1. The van der Waals surface area contributed by atoms with Gasteiger partial charge in [0.05, 0.1) is 11.5 Å². The van der Waals surface area contributed by atoms with Crippen molar-refractivity contribution in [1.29, 1.82) is 0 Å². The zero-order valence-corrected chi connectivity index (χ0v) is 21.9. The third kappa shape index (κ3) is 5.10. The molecule has 1 aliphatic rings. The highest BCUT2D eigenvalue weighted by molar-refractivity contribution is 7.92. The van der Waals surface area contributed by atoms with Crippen molar-refractivity contribution < 1.29 is 52.7 Å². The summed E-state index contributed by atoms with van der Waals surface area (Å²) in [6.45, 7) is -1.72. The van der Waals surface area contributed by atoms with E-state index in [1.54, 1.807) is 7.05 Å². The molecule has 0 atom stereocenters. The van der Waals surface area contributed by atoms with E-state index in [4.69, 9.17) is 0 Å². The van der Waals surface area contributed by atoms with Crippen molar-refractivity contribution in [2.75, 3.05) is 7.05 Å².